The maximum absolute atomic E-state index is 12.4. The molecule has 0 spiro atoms. The zero-order chi connectivity index (χ0) is 14.3. The predicted molar refractivity (Wildman–Crippen MR) is 74.8 cm³/mol. The molecule has 0 radical (unpaired) electrons. The Hall–Kier alpha value is -1.75. The van der Waals surface area contributed by atoms with Crippen LogP contribution in [-0.4, -0.2) is 44.7 Å². The molecule has 0 aliphatic heterocycles. The van der Waals surface area contributed by atoms with E-state index in [-0.39, 0.29) is 5.91 Å². The molecule has 0 unspecified atom stereocenters. The number of nitrogens with two attached hydrogens (primary N) is 1. The van der Waals surface area contributed by atoms with Crippen LogP contribution < -0.4 is 15.2 Å². The summed E-state index contributed by atoms with van der Waals surface area (Å²) in [4.78, 5) is 14.2. The lowest BCUT2D eigenvalue weighted by Crippen LogP contribution is -2.33. The third kappa shape index (κ3) is 3.86. The van der Waals surface area contributed by atoms with E-state index in [0.717, 1.165) is 6.42 Å². The Kier molecular flexibility index (Phi) is 6.15. The van der Waals surface area contributed by atoms with Gasteiger partial charge in [0.05, 0.1) is 19.8 Å². The van der Waals surface area contributed by atoms with Crippen molar-refractivity contribution in [3.8, 4) is 11.5 Å². The van der Waals surface area contributed by atoms with Crippen LogP contribution in [0.15, 0.2) is 18.2 Å². The summed E-state index contributed by atoms with van der Waals surface area (Å²) in [7, 11) is 3.12. The highest BCUT2D eigenvalue weighted by Gasteiger charge is 2.18. The van der Waals surface area contributed by atoms with Crippen LogP contribution in [0, 0.1) is 0 Å². The number of benzene rings is 1. The molecule has 1 aromatic rings. The topological polar surface area (TPSA) is 64.8 Å². The first kappa shape index (κ1) is 15.3. The molecule has 0 saturated heterocycles. The summed E-state index contributed by atoms with van der Waals surface area (Å²) in [6, 6.07) is 5.20. The first-order valence-electron chi connectivity index (χ1n) is 6.39. The molecule has 0 aromatic heterocycles. The summed E-state index contributed by atoms with van der Waals surface area (Å²) < 4.78 is 10.4. The molecule has 0 fully saturated rings. The van der Waals surface area contributed by atoms with Crippen molar-refractivity contribution in [2.75, 3.05) is 33.9 Å². The van der Waals surface area contributed by atoms with Gasteiger partial charge in [0.1, 0.15) is 11.5 Å². The molecule has 0 saturated carbocycles. The van der Waals surface area contributed by atoms with E-state index < -0.39 is 0 Å². The minimum absolute atomic E-state index is 0.0459. The van der Waals surface area contributed by atoms with Crippen LogP contribution in [0.4, 0.5) is 0 Å². The zero-order valence-corrected chi connectivity index (χ0v) is 11.8. The Morgan fingerprint density at radius 3 is 2.58 bits per heavy atom. The second-order valence-electron chi connectivity index (χ2n) is 4.09. The SMILES string of the molecule is CCN(CCCN)C(=O)c1ccc(OC)cc1OC. The second kappa shape index (κ2) is 7.63. The number of carbonyl (C=O) groups excluding carboxylic acids is 1. The van der Waals surface area contributed by atoms with Crippen molar-refractivity contribution in [1.82, 2.24) is 4.90 Å². The molecule has 0 bridgehead atoms. The number of nitrogens with zero attached hydrogens (tertiary/aromatic N) is 1. The van der Waals surface area contributed by atoms with Gasteiger partial charge in [-0.3, -0.25) is 4.79 Å². The summed E-state index contributed by atoms with van der Waals surface area (Å²) >= 11 is 0. The predicted octanol–water partition coefficient (Wildman–Crippen LogP) is 1.51. The number of amides is 1. The van der Waals surface area contributed by atoms with E-state index in [1.807, 2.05) is 6.92 Å². The van der Waals surface area contributed by atoms with Gasteiger partial charge in [0.25, 0.3) is 5.91 Å². The largest absolute Gasteiger partial charge is 0.497 e. The highest BCUT2D eigenvalue weighted by atomic mass is 16.5. The monoisotopic (exact) mass is 266 g/mol. The highest BCUT2D eigenvalue weighted by Crippen LogP contribution is 2.25. The van der Waals surface area contributed by atoms with E-state index >= 15 is 0 Å². The lowest BCUT2D eigenvalue weighted by atomic mass is 10.1. The Labute approximate surface area is 114 Å². The van der Waals surface area contributed by atoms with Gasteiger partial charge in [-0.25, -0.2) is 0 Å². The summed E-state index contributed by atoms with van der Waals surface area (Å²) in [5.74, 6) is 1.14. The van der Waals surface area contributed by atoms with E-state index in [4.69, 9.17) is 15.2 Å². The number of rotatable bonds is 7. The lowest BCUT2D eigenvalue weighted by molar-refractivity contribution is 0.0760. The minimum atomic E-state index is -0.0459. The van der Waals surface area contributed by atoms with Gasteiger partial charge in [0.2, 0.25) is 0 Å². The van der Waals surface area contributed by atoms with Crippen LogP contribution in [0.5, 0.6) is 11.5 Å². The van der Waals surface area contributed by atoms with E-state index in [9.17, 15) is 4.79 Å². The van der Waals surface area contributed by atoms with Crippen LogP contribution in [0.2, 0.25) is 0 Å². The standard InChI is InChI=1S/C14H22N2O3/c1-4-16(9-5-8-15)14(17)12-7-6-11(18-2)10-13(12)19-3/h6-7,10H,4-5,8-9,15H2,1-3H3. The molecule has 2 N–H and O–H groups in total. The van der Waals surface area contributed by atoms with Gasteiger partial charge >= 0.3 is 0 Å². The van der Waals surface area contributed by atoms with Crippen LogP contribution >= 0.6 is 0 Å². The first-order chi connectivity index (χ1) is 9.17. The molecule has 0 heterocycles. The average molecular weight is 266 g/mol. The Bertz CT molecular complexity index is 421. The number of ether oxygens (including phenoxy) is 2. The van der Waals surface area contributed by atoms with Crippen molar-refractivity contribution in [1.29, 1.82) is 0 Å². The molecular weight excluding hydrogens is 244 g/mol. The number of hydrogen-bond acceptors (Lipinski definition) is 4. The Balaban J connectivity index is 2.96. The van der Waals surface area contributed by atoms with Crippen molar-refractivity contribution >= 4 is 5.91 Å². The maximum Gasteiger partial charge on any atom is 0.257 e. The third-order valence-corrected chi connectivity index (χ3v) is 2.94. The van der Waals surface area contributed by atoms with Crippen LogP contribution in [0.3, 0.4) is 0 Å². The molecule has 106 valence electrons. The van der Waals surface area contributed by atoms with E-state index in [1.165, 1.54) is 0 Å². The number of methoxy groups -OCH3 is 2. The Morgan fingerprint density at radius 2 is 2.05 bits per heavy atom. The normalized spacial score (nSPS) is 10.1. The molecule has 1 aromatic carbocycles. The lowest BCUT2D eigenvalue weighted by Gasteiger charge is -2.21. The zero-order valence-electron chi connectivity index (χ0n) is 11.8. The molecule has 19 heavy (non-hydrogen) atoms. The summed E-state index contributed by atoms with van der Waals surface area (Å²) in [6.45, 7) is 3.82. The quantitative estimate of drug-likeness (QED) is 0.812. The van der Waals surface area contributed by atoms with E-state index in [1.54, 1.807) is 37.3 Å². The number of carbonyl (C=O) groups is 1. The third-order valence-electron chi connectivity index (χ3n) is 2.94. The molecular formula is C14H22N2O3. The van der Waals surface area contributed by atoms with Gasteiger partial charge in [0, 0.05) is 19.2 Å². The fraction of sp³-hybridized carbons (Fsp3) is 0.500. The second-order valence-corrected chi connectivity index (χ2v) is 4.09. The maximum atomic E-state index is 12.4. The van der Waals surface area contributed by atoms with Crippen LogP contribution in [0.1, 0.15) is 23.7 Å². The van der Waals surface area contributed by atoms with Crippen LogP contribution in [-0.2, 0) is 0 Å². The molecule has 0 atom stereocenters. The molecule has 1 rings (SSSR count). The van der Waals surface area contributed by atoms with Crippen molar-refractivity contribution in [3.05, 3.63) is 23.8 Å². The fourth-order valence-corrected chi connectivity index (χ4v) is 1.83. The smallest absolute Gasteiger partial charge is 0.257 e. The van der Waals surface area contributed by atoms with Gasteiger partial charge in [-0.05, 0) is 32.0 Å². The summed E-state index contributed by atoms with van der Waals surface area (Å²) in [6.07, 6.45) is 0.790. The average Bonchev–Trinajstić information content (AvgIpc) is 2.46. The number of hydrogen-bond donors (Lipinski definition) is 1. The van der Waals surface area contributed by atoms with Gasteiger partial charge in [-0.1, -0.05) is 0 Å². The van der Waals surface area contributed by atoms with E-state index in [0.29, 0.717) is 36.7 Å². The van der Waals surface area contributed by atoms with Gasteiger partial charge in [-0.2, -0.15) is 0 Å². The molecule has 0 aliphatic carbocycles. The molecule has 1 amide bonds. The summed E-state index contributed by atoms with van der Waals surface area (Å²) in [5.41, 5.74) is 6.03. The molecule has 0 aliphatic rings. The van der Waals surface area contributed by atoms with Crippen LogP contribution in [0.25, 0.3) is 0 Å². The fourth-order valence-electron chi connectivity index (χ4n) is 1.83. The minimum Gasteiger partial charge on any atom is -0.497 e. The van der Waals surface area contributed by atoms with Gasteiger partial charge in [0.15, 0.2) is 0 Å². The van der Waals surface area contributed by atoms with Crippen molar-refractivity contribution in [2.24, 2.45) is 5.73 Å². The van der Waals surface area contributed by atoms with Crippen molar-refractivity contribution < 1.29 is 14.3 Å². The van der Waals surface area contributed by atoms with Gasteiger partial charge in [-0.15, -0.1) is 0 Å². The molecule has 5 heteroatoms. The van der Waals surface area contributed by atoms with Crippen molar-refractivity contribution in [3.63, 3.8) is 0 Å². The molecule has 5 nitrogen and oxygen atoms in total. The van der Waals surface area contributed by atoms with Gasteiger partial charge < -0.3 is 20.1 Å². The Morgan fingerprint density at radius 1 is 1.32 bits per heavy atom. The summed E-state index contributed by atoms with van der Waals surface area (Å²) in [5, 5.41) is 0. The van der Waals surface area contributed by atoms with E-state index in [2.05, 4.69) is 0 Å². The van der Waals surface area contributed by atoms with Crippen molar-refractivity contribution in [2.45, 2.75) is 13.3 Å². The first-order valence-corrected chi connectivity index (χ1v) is 6.39. The highest BCUT2D eigenvalue weighted by molar-refractivity contribution is 5.97.